The maximum Gasteiger partial charge on any atom is 0.0365 e. The van der Waals surface area contributed by atoms with E-state index in [2.05, 4.69) is 110 Å². The third-order valence-electron chi connectivity index (χ3n) is 5.85. The van der Waals surface area contributed by atoms with Crippen molar-refractivity contribution in [1.82, 2.24) is 0 Å². The van der Waals surface area contributed by atoms with Crippen LogP contribution in [0.2, 0.25) is 0 Å². The number of anilines is 4. The largest absolute Gasteiger partial charge is 0.378 e. The molecule has 2 rings (SSSR count). The Bertz CT molecular complexity index is 661. The highest BCUT2D eigenvalue weighted by Gasteiger charge is 2.03. The van der Waals surface area contributed by atoms with E-state index in [1.165, 1.54) is 61.3 Å². The van der Waals surface area contributed by atoms with Gasteiger partial charge in [-0.15, -0.1) is 49.6 Å². The number of hydrogen-bond acceptors (Lipinski definition) is 4. The molecule has 0 fully saturated rings. The first-order chi connectivity index (χ1) is 14.4. The summed E-state index contributed by atoms with van der Waals surface area (Å²) in [5.41, 5.74) is 5.12. The molecule has 198 valence electrons. The maximum absolute atomic E-state index is 2.37. The third-order valence-corrected chi connectivity index (χ3v) is 5.85. The van der Waals surface area contributed by atoms with Crippen molar-refractivity contribution >= 4 is 72.4 Å². The molecule has 0 aromatic heterocycles. The van der Waals surface area contributed by atoms with Crippen LogP contribution in [0.3, 0.4) is 0 Å². The van der Waals surface area contributed by atoms with Crippen LogP contribution < -0.4 is 19.6 Å². The van der Waals surface area contributed by atoms with Gasteiger partial charge < -0.3 is 19.6 Å². The van der Waals surface area contributed by atoms with Gasteiger partial charge in [-0.1, -0.05) is 25.7 Å². The molecule has 0 aliphatic rings. The molecule has 8 heteroatoms. The quantitative estimate of drug-likeness (QED) is 0.238. The van der Waals surface area contributed by atoms with Gasteiger partial charge in [0.15, 0.2) is 0 Å². The zero-order valence-corrected chi connectivity index (χ0v) is 25.0. The molecule has 0 saturated heterocycles. The van der Waals surface area contributed by atoms with Crippen molar-refractivity contribution in [2.45, 2.75) is 38.5 Å². The van der Waals surface area contributed by atoms with Crippen LogP contribution in [0.5, 0.6) is 0 Å². The SMILES string of the molecule is CN(C)c1ccc(N(C)CCCCCCCCN(C)c2ccc(N(C)C)cc2)cc1.Cl.Cl.Cl.Cl. The second-order valence-electron chi connectivity index (χ2n) is 8.79. The minimum absolute atomic E-state index is 0. The van der Waals surface area contributed by atoms with Crippen LogP contribution in [0.4, 0.5) is 22.7 Å². The van der Waals surface area contributed by atoms with Crippen LogP contribution in [0, 0.1) is 0 Å². The van der Waals surface area contributed by atoms with Gasteiger partial charge in [0, 0.05) is 78.1 Å². The Kier molecular flexibility index (Phi) is 22.0. The Hall–Kier alpha value is -1.20. The summed E-state index contributed by atoms with van der Waals surface area (Å²) < 4.78 is 0. The fourth-order valence-corrected chi connectivity index (χ4v) is 3.67. The Morgan fingerprint density at radius 3 is 0.882 bits per heavy atom. The molecule has 2 aromatic carbocycles. The Balaban J connectivity index is -0.00000240. The number of rotatable bonds is 13. The van der Waals surface area contributed by atoms with E-state index in [4.69, 9.17) is 0 Å². The number of hydrogen-bond donors (Lipinski definition) is 0. The summed E-state index contributed by atoms with van der Waals surface area (Å²) >= 11 is 0. The summed E-state index contributed by atoms with van der Waals surface area (Å²) in [5.74, 6) is 0. The molecule has 4 nitrogen and oxygen atoms in total. The maximum atomic E-state index is 2.37. The van der Waals surface area contributed by atoms with E-state index in [1.54, 1.807) is 0 Å². The molecule has 0 N–H and O–H groups in total. The molecule has 2 aromatic rings. The van der Waals surface area contributed by atoms with Crippen LogP contribution in [-0.2, 0) is 0 Å². The molecule has 34 heavy (non-hydrogen) atoms. The third kappa shape index (κ3) is 13.0. The molecule has 0 spiro atoms. The van der Waals surface area contributed by atoms with Gasteiger partial charge in [0.1, 0.15) is 0 Å². The minimum Gasteiger partial charge on any atom is -0.378 e. The molecule has 0 aliphatic carbocycles. The Morgan fingerprint density at radius 2 is 0.618 bits per heavy atom. The van der Waals surface area contributed by atoms with E-state index >= 15 is 0 Å². The first kappa shape index (κ1) is 37.4. The summed E-state index contributed by atoms with van der Waals surface area (Å²) in [6.07, 6.45) is 7.86. The summed E-state index contributed by atoms with van der Waals surface area (Å²) in [6.45, 7) is 2.26. The Morgan fingerprint density at radius 1 is 0.382 bits per heavy atom. The van der Waals surface area contributed by atoms with Crippen LogP contribution in [0.25, 0.3) is 0 Å². The second-order valence-corrected chi connectivity index (χ2v) is 8.79. The van der Waals surface area contributed by atoms with Gasteiger partial charge in [-0.05, 0) is 61.4 Å². The molecular weight excluding hydrogens is 510 g/mol. The molecular formula is C26H46Cl4N4. The zero-order valence-electron chi connectivity index (χ0n) is 21.7. The summed E-state index contributed by atoms with van der Waals surface area (Å²) in [4.78, 5) is 9.02. The monoisotopic (exact) mass is 554 g/mol. The fourth-order valence-electron chi connectivity index (χ4n) is 3.67. The lowest BCUT2D eigenvalue weighted by atomic mass is 10.1. The molecule has 0 heterocycles. The minimum atomic E-state index is 0. The summed E-state index contributed by atoms with van der Waals surface area (Å²) in [7, 11) is 12.7. The molecule has 0 radical (unpaired) electrons. The van der Waals surface area contributed by atoms with Crippen molar-refractivity contribution in [3.05, 3.63) is 48.5 Å². The Labute approximate surface area is 233 Å². The number of benzene rings is 2. The standard InChI is InChI=1S/C26H42N4.4ClH/c1-27(2)23-13-17-25(18-14-23)29(5)21-11-9-7-8-10-12-22-30(6)26-19-15-24(16-20-26)28(3)4;;;;/h13-20H,7-12,21-22H2,1-6H3;4*1H. The number of halogens is 4. The normalized spacial score (nSPS) is 9.47. The van der Waals surface area contributed by atoms with E-state index in [1.807, 2.05) is 0 Å². The highest BCUT2D eigenvalue weighted by Crippen LogP contribution is 2.20. The molecule has 0 unspecified atom stereocenters. The van der Waals surface area contributed by atoms with Crippen LogP contribution >= 0.6 is 49.6 Å². The molecule has 0 amide bonds. The van der Waals surface area contributed by atoms with Gasteiger partial charge in [0.05, 0.1) is 0 Å². The molecule has 0 saturated carbocycles. The molecule has 0 bridgehead atoms. The lowest BCUT2D eigenvalue weighted by molar-refractivity contribution is 0.592. The smallest absolute Gasteiger partial charge is 0.0365 e. The predicted octanol–water partition coefficient (Wildman–Crippen LogP) is 7.42. The number of unbranched alkanes of at least 4 members (excludes halogenated alkanes) is 5. The van der Waals surface area contributed by atoms with Crippen molar-refractivity contribution in [3.8, 4) is 0 Å². The van der Waals surface area contributed by atoms with E-state index in [0.717, 1.165) is 13.1 Å². The number of nitrogens with zero attached hydrogens (tertiary/aromatic N) is 4. The topological polar surface area (TPSA) is 13.0 Å². The van der Waals surface area contributed by atoms with Crippen molar-refractivity contribution in [1.29, 1.82) is 0 Å². The van der Waals surface area contributed by atoms with Gasteiger partial charge in [-0.3, -0.25) is 0 Å². The summed E-state index contributed by atoms with van der Waals surface area (Å²) in [5, 5.41) is 0. The van der Waals surface area contributed by atoms with E-state index < -0.39 is 0 Å². The van der Waals surface area contributed by atoms with Crippen molar-refractivity contribution < 1.29 is 0 Å². The highest BCUT2D eigenvalue weighted by molar-refractivity contribution is 5.86. The average Bonchev–Trinajstić information content (AvgIpc) is 2.75. The van der Waals surface area contributed by atoms with E-state index in [9.17, 15) is 0 Å². The van der Waals surface area contributed by atoms with Crippen LogP contribution in [0.15, 0.2) is 48.5 Å². The van der Waals surface area contributed by atoms with E-state index in [0.29, 0.717) is 0 Å². The van der Waals surface area contributed by atoms with Crippen LogP contribution in [0.1, 0.15) is 38.5 Å². The molecule has 0 aliphatic heterocycles. The average molecular weight is 556 g/mol. The predicted molar refractivity (Wildman–Crippen MR) is 165 cm³/mol. The lowest BCUT2D eigenvalue weighted by Gasteiger charge is -2.21. The van der Waals surface area contributed by atoms with Gasteiger partial charge >= 0.3 is 0 Å². The van der Waals surface area contributed by atoms with Crippen LogP contribution in [-0.4, -0.2) is 55.4 Å². The molecule has 0 atom stereocenters. The van der Waals surface area contributed by atoms with Gasteiger partial charge in [0.2, 0.25) is 0 Å². The summed E-state index contributed by atoms with van der Waals surface area (Å²) in [6, 6.07) is 17.7. The van der Waals surface area contributed by atoms with Gasteiger partial charge in [-0.2, -0.15) is 0 Å². The van der Waals surface area contributed by atoms with Crippen molar-refractivity contribution in [2.24, 2.45) is 0 Å². The van der Waals surface area contributed by atoms with Crippen molar-refractivity contribution in [2.75, 3.05) is 75.0 Å². The highest BCUT2D eigenvalue weighted by atomic mass is 35.5. The van der Waals surface area contributed by atoms with Gasteiger partial charge in [-0.25, -0.2) is 0 Å². The first-order valence-corrected chi connectivity index (χ1v) is 11.4. The van der Waals surface area contributed by atoms with E-state index in [-0.39, 0.29) is 49.6 Å². The van der Waals surface area contributed by atoms with Crippen molar-refractivity contribution in [3.63, 3.8) is 0 Å². The fraction of sp³-hybridized carbons (Fsp3) is 0.538. The lowest BCUT2D eigenvalue weighted by Crippen LogP contribution is -2.19. The first-order valence-electron chi connectivity index (χ1n) is 11.4. The zero-order chi connectivity index (χ0) is 21.9. The van der Waals surface area contributed by atoms with Gasteiger partial charge in [0.25, 0.3) is 0 Å². The second kappa shape index (κ2) is 20.0.